The molecule has 0 saturated carbocycles. The van der Waals surface area contributed by atoms with E-state index in [-0.39, 0.29) is 23.7 Å². The van der Waals surface area contributed by atoms with Crippen molar-refractivity contribution in [3.8, 4) is 11.5 Å². The zero-order valence-electron chi connectivity index (χ0n) is 13.3. The molecule has 2 aromatic rings. The second-order valence-corrected chi connectivity index (χ2v) is 5.22. The molecule has 0 saturated heterocycles. The highest BCUT2D eigenvalue weighted by molar-refractivity contribution is 5.91. The van der Waals surface area contributed by atoms with Crippen molar-refractivity contribution in [2.45, 2.75) is 20.5 Å². The van der Waals surface area contributed by atoms with E-state index in [0.29, 0.717) is 16.8 Å². The van der Waals surface area contributed by atoms with Gasteiger partial charge in [0.2, 0.25) is 0 Å². The number of rotatable bonds is 4. The van der Waals surface area contributed by atoms with Gasteiger partial charge in [0.1, 0.15) is 12.4 Å². The van der Waals surface area contributed by atoms with E-state index < -0.39 is 11.8 Å². The third kappa shape index (κ3) is 3.39. The van der Waals surface area contributed by atoms with Gasteiger partial charge < -0.3 is 9.84 Å². The molecule has 6 N–H and O–H groups in total. The summed E-state index contributed by atoms with van der Waals surface area (Å²) in [6.45, 7) is 3.06. The molecule has 0 spiro atoms. The van der Waals surface area contributed by atoms with Crippen LogP contribution >= 0.6 is 0 Å². The Kier molecular flexibility index (Phi) is 5.22. The highest BCUT2D eigenvalue weighted by Crippen LogP contribution is 2.32. The van der Waals surface area contributed by atoms with Crippen molar-refractivity contribution >= 4 is 11.7 Å². The van der Waals surface area contributed by atoms with Crippen molar-refractivity contribution in [3.05, 3.63) is 52.8 Å². The van der Waals surface area contributed by atoms with E-state index in [0.717, 1.165) is 5.01 Å². The largest absolute Gasteiger partial charge is 0.508 e. The number of urea groups is 1. The molecular formula is C16H19FN4O3. The minimum Gasteiger partial charge on any atom is -0.508 e. The fraction of sp³-hybridized carbons (Fsp3) is 0.188. The Labute approximate surface area is 138 Å². The Morgan fingerprint density at radius 2 is 2.04 bits per heavy atom. The standard InChI is InChI=1S/C16H19FN4O3/c1-9-7-13(22)10(2)14(17)15(9)24-8-11-5-3-4-6-12(11)21(19)16(23)20-18/h3-7,22H,8,18-19H2,1-2H3,(H,20,23). The van der Waals surface area contributed by atoms with Crippen LogP contribution in [-0.2, 0) is 6.61 Å². The highest BCUT2D eigenvalue weighted by atomic mass is 19.1. The topological polar surface area (TPSA) is 114 Å². The monoisotopic (exact) mass is 334 g/mol. The number of nitrogens with zero attached hydrogens (tertiary/aromatic N) is 1. The molecule has 24 heavy (non-hydrogen) atoms. The van der Waals surface area contributed by atoms with E-state index in [1.54, 1.807) is 31.2 Å². The Bertz CT molecular complexity index is 767. The van der Waals surface area contributed by atoms with Crippen LogP contribution in [0.1, 0.15) is 16.7 Å². The summed E-state index contributed by atoms with van der Waals surface area (Å²) in [6, 6.07) is 7.46. The minimum absolute atomic E-state index is 0.0241. The number of carbonyl (C=O) groups excluding carboxylic acids is 1. The Hall–Kier alpha value is -2.84. The van der Waals surface area contributed by atoms with Gasteiger partial charge in [-0.15, -0.1) is 0 Å². The van der Waals surface area contributed by atoms with Gasteiger partial charge in [-0.25, -0.2) is 25.9 Å². The van der Waals surface area contributed by atoms with Crippen LogP contribution in [0, 0.1) is 19.7 Å². The third-order valence-electron chi connectivity index (χ3n) is 3.59. The predicted molar refractivity (Wildman–Crippen MR) is 87.7 cm³/mol. The van der Waals surface area contributed by atoms with Crippen LogP contribution in [0.3, 0.4) is 0 Å². The molecule has 0 aromatic heterocycles. The zero-order valence-corrected chi connectivity index (χ0v) is 13.3. The molecule has 0 fully saturated rings. The number of nitrogens with two attached hydrogens (primary N) is 2. The van der Waals surface area contributed by atoms with Crippen molar-refractivity contribution in [1.29, 1.82) is 0 Å². The van der Waals surface area contributed by atoms with Crippen molar-refractivity contribution in [3.63, 3.8) is 0 Å². The third-order valence-corrected chi connectivity index (χ3v) is 3.59. The average Bonchev–Trinajstić information content (AvgIpc) is 2.58. The average molecular weight is 334 g/mol. The van der Waals surface area contributed by atoms with E-state index in [1.807, 2.05) is 5.43 Å². The molecule has 2 aromatic carbocycles. The Morgan fingerprint density at radius 3 is 2.71 bits per heavy atom. The molecule has 8 heteroatoms. The highest BCUT2D eigenvalue weighted by Gasteiger charge is 2.17. The van der Waals surface area contributed by atoms with Crippen LogP contribution in [0.15, 0.2) is 30.3 Å². The van der Waals surface area contributed by atoms with Crippen molar-refractivity contribution < 1.29 is 19.0 Å². The van der Waals surface area contributed by atoms with Gasteiger partial charge in [-0.2, -0.15) is 0 Å². The molecule has 128 valence electrons. The molecule has 0 atom stereocenters. The number of phenols is 1. The first kappa shape index (κ1) is 17.5. The van der Waals surface area contributed by atoms with Gasteiger partial charge >= 0.3 is 6.03 Å². The van der Waals surface area contributed by atoms with Crippen LogP contribution in [0.2, 0.25) is 0 Å². The number of aromatic hydroxyl groups is 1. The summed E-state index contributed by atoms with van der Waals surface area (Å²) in [5.74, 6) is 10.0. The fourth-order valence-corrected chi connectivity index (χ4v) is 2.21. The van der Waals surface area contributed by atoms with Crippen molar-refractivity contribution in [2.24, 2.45) is 11.7 Å². The van der Waals surface area contributed by atoms with E-state index in [4.69, 9.17) is 16.4 Å². The predicted octanol–water partition coefficient (Wildman–Crippen LogP) is 1.99. The van der Waals surface area contributed by atoms with Crippen LogP contribution < -0.4 is 26.9 Å². The number of phenolic OH excluding ortho intramolecular Hbond substituents is 1. The van der Waals surface area contributed by atoms with E-state index >= 15 is 0 Å². The van der Waals surface area contributed by atoms with Gasteiger partial charge in [-0.05, 0) is 31.5 Å². The van der Waals surface area contributed by atoms with E-state index in [2.05, 4.69) is 0 Å². The summed E-state index contributed by atoms with van der Waals surface area (Å²) in [4.78, 5) is 11.6. The van der Waals surface area contributed by atoms with Gasteiger partial charge in [0, 0.05) is 11.1 Å². The summed E-state index contributed by atoms with van der Waals surface area (Å²) in [6.07, 6.45) is 0. The second-order valence-electron chi connectivity index (χ2n) is 5.22. The number of aryl methyl sites for hydroxylation is 1. The smallest absolute Gasteiger partial charge is 0.350 e. The van der Waals surface area contributed by atoms with Gasteiger partial charge in [-0.1, -0.05) is 18.2 Å². The lowest BCUT2D eigenvalue weighted by Gasteiger charge is -2.20. The molecule has 0 aliphatic heterocycles. The number of halogens is 1. The normalized spacial score (nSPS) is 10.4. The summed E-state index contributed by atoms with van der Waals surface area (Å²) >= 11 is 0. The van der Waals surface area contributed by atoms with Crippen LogP contribution in [-0.4, -0.2) is 11.1 Å². The molecule has 0 unspecified atom stereocenters. The SMILES string of the molecule is Cc1cc(O)c(C)c(F)c1OCc1ccccc1N(N)C(=O)NN. The maximum absolute atomic E-state index is 14.3. The molecule has 0 aliphatic rings. The maximum Gasteiger partial charge on any atom is 0.350 e. The molecule has 7 nitrogen and oxygen atoms in total. The van der Waals surface area contributed by atoms with E-state index in [9.17, 15) is 14.3 Å². The number of hydrogen-bond acceptors (Lipinski definition) is 5. The van der Waals surface area contributed by atoms with Crippen LogP contribution in [0.25, 0.3) is 0 Å². The number of para-hydroxylation sites is 1. The number of ether oxygens (including phenoxy) is 1. The molecular weight excluding hydrogens is 315 g/mol. The number of nitrogens with one attached hydrogen (secondary N) is 1. The maximum atomic E-state index is 14.3. The number of hydrogen-bond donors (Lipinski definition) is 4. The number of benzene rings is 2. The number of amides is 2. The van der Waals surface area contributed by atoms with Gasteiger partial charge in [0.05, 0.1) is 5.69 Å². The first-order valence-electron chi connectivity index (χ1n) is 7.11. The molecule has 0 heterocycles. The minimum atomic E-state index is -0.703. The molecule has 2 rings (SSSR count). The van der Waals surface area contributed by atoms with Gasteiger partial charge in [0.15, 0.2) is 11.6 Å². The van der Waals surface area contributed by atoms with Crippen molar-refractivity contribution in [1.82, 2.24) is 5.43 Å². The van der Waals surface area contributed by atoms with Gasteiger partial charge in [-0.3, -0.25) is 5.43 Å². The van der Waals surface area contributed by atoms with Crippen LogP contribution in [0.4, 0.5) is 14.9 Å². The van der Waals surface area contributed by atoms with E-state index in [1.165, 1.54) is 13.0 Å². The Morgan fingerprint density at radius 1 is 1.38 bits per heavy atom. The van der Waals surface area contributed by atoms with Gasteiger partial charge in [0.25, 0.3) is 0 Å². The molecule has 0 aliphatic carbocycles. The molecule has 2 amide bonds. The van der Waals surface area contributed by atoms with Crippen molar-refractivity contribution in [2.75, 3.05) is 5.01 Å². The summed E-state index contributed by atoms with van der Waals surface area (Å²) in [7, 11) is 0. The lowest BCUT2D eigenvalue weighted by atomic mass is 10.1. The number of anilines is 1. The first-order chi connectivity index (χ1) is 11.4. The summed E-state index contributed by atoms with van der Waals surface area (Å²) in [5, 5.41) is 10.5. The number of hydrazine groups is 2. The molecule has 0 radical (unpaired) electrons. The molecule has 0 bridgehead atoms. The number of carbonyl (C=O) groups is 1. The zero-order chi connectivity index (χ0) is 17.9. The first-order valence-corrected chi connectivity index (χ1v) is 7.11. The lowest BCUT2D eigenvalue weighted by Crippen LogP contribution is -2.48. The second kappa shape index (κ2) is 7.16. The summed E-state index contributed by atoms with van der Waals surface area (Å²) < 4.78 is 19.8. The fourth-order valence-electron chi connectivity index (χ4n) is 2.21. The Balaban J connectivity index is 2.28. The van der Waals surface area contributed by atoms with Crippen LogP contribution in [0.5, 0.6) is 11.5 Å². The quantitative estimate of drug-likeness (QED) is 0.388. The summed E-state index contributed by atoms with van der Waals surface area (Å²) in [5.41, 5.74) is 3.42. The lowest BCUT2D eigenvalue weighted by molar-refractivity contribution is 0.246.